The van der Waals surface area contributed by atoms with Crippen molar-refractivity contribution >= 4 is 40.6 Å². The molecule has 2 heterocycles. The van der Waals surface area contributed by atoms with E-state index in [1.165, 1.54) is 0 Å². The number of anilines is 3. The Labute approximate surface area is 179 Å². The first kappa shape index (κ1) is 19.5. The summed E-state index contributed by atoms with van der Waals surface area (Å²) in [5, 5.41) is 5.73. The molecule has 7 heteroatoms. The fourth-order valence-electron chi connectivity index (χ4n) is 4.63. The summed E-state index contributed by atoms with van der Waals surface area (Å²) in [6.07, 6.45) is 3.20. The van der Waals surface area contributed by atoms with Gasteiger partial charge >= 0.3 is 0 Å². The van der Waals surface area contributed by atoms with Crippen molar-refractivity contribution in [3.8, 4) is 0 Å². The number of hydrogen-bond donors (Lipinski definition) is 2. The van der Waals surface area contributed by atoms with Gasteiger partial charge in [-0.3, -0.25) is 19.2 Å². The first-order valence-electron chi connectivity index (χ1n) is 10.7. The molecule has 158 valence electrons. The van der Waals surface area contributed by atoms with E-state index in [1.807, 2.05) is 30.3 Å². The van der Waals surface area contributed by atoms with Crippen LogP contribution in [0.15, 0.2) is 36.4 Å². The number of ketones is 1. The Morgan fingerprint density at radius 3 is 2.65 bits per heavy atom. The highest BCUT2D eigenvalue weighted by atomic mass is 16.2. The molecule has 2 aromatic carbocycles. The Bertz CT molecular complexity index is 1120. The number of fused-ring (bicyclic) bond motifs is 2. The van der Waals surface area contributed by atoms with Gasteiger partial charge in [0, 0.05) is 42.9 Å². The van der Waals surface area contributed by atoms with E-state index in [0.717, 1.165) is 28.1 Å². The number of carbonyl (C=O) groups excluding carboxylic acids is 4. The maximum absolute atomic E-state index is 13.0. The predicted octanol–water partition coefficient (Wildman–Crippen LogP) is 2.62. The lowest BCUT2D eigenvalue weighted by Gasteiger charge is -2.22. The predicted molar refractivity (Wildman–Crippen MR) is 116 cm³/mol. The number of amides is 3. The van der Waals surface area contributed by atoms with Crippen molar-refractivity contribution in [2.75, 3.05) is 22.1 Å². The summed E-state index contributed by atoms with van der Waals surface area (Å²) in [6.45, 7) is 0.481. The Hall–Kier alpha value is -3.48. The standard InChI is InChI=1S/C24H23N3O4/c28-19-6-2-14-11-17(4-1-15(14)13-19)25-23(30)20-9-10-27(24(20)31)18-5-7-21-16(12-18)3-8-22(29)26-21/h1,4-5,7,11-12,20H,2-3,6,8-10,13H2,(H,25,30)(H,26,29). The van der Waals surface area contributed by atoms with Crippen molar-refractivity contribution in [3.05, 3.63) is 53.1 Å². The second-order valence-corrected chi connectivity index (χ2v) is 8.41. The highest BCUT2D eigenvalue weighted by Gasteiger charge is 2.38. The monoisotopic (exact) mass is 417 g/mol. The molecule has 1 aliphatic carbocycles. The van der Waals surface area contributed by atoms with Gasteiger partial charge in [0.25, 0.3) is 0 Å². The Balaban J connectivity index is 1.28. The van der Waals surface area contributed by atoms with Gasteiger partial charge in [-0.05, 0) is 66.3 Å². The van der Waals surface area contributed by atoms with Crippen LogP contribution >= 0.6 is 0 Å². The second kappa shape index (κ2) is 7.65. The van der Waals surface area contributed by atoms with Crippen molar-refractivity contribution in [2.45, 2.75) is 38.5 Å². The minimum atomic E-state index is -0.728. The summed E-state index contributed by atoms with van der Waals surface area (Å²) in [6, 6.07) is 11.2. The lowest BCUT2D eigenvalue weighted by atomic mass is 9.90. The van der Waals surface area contributed by atoms with Gasteiger partial charge in [-0.15, -0.1) is 0 Å². The molecule has 1 saturated heterocycles. The fourth-order valence-corrected chi connectivity index (χ4v) is 4.63. The minimum Gasteiger partial charge on any atom is -0.326 e. The summed E-state index contributed by atoms with van der Waals surface area (Å²) in [5.74, 6) is -0.993. The first-order chi connectivity index (χ1) is 15.0. The third-order valence-electron chi connectivity index (χ3n) is 6.35. The smallest absolute Gasteiger partial charge is 0.239 e. The highest BCUT2D eigenvalue weighted by molar-refractivity contribution is 6.13. The lowest BCUT2D eigenvalue weighted by Crippen LogP contribution is -2.33. The maximum atomic E-state index is 13.0. The highest BCUT2D eigenvalue weighted by Crippen LogP contribution is 2.32. The molecule has 31 heavy (non-hydrogen) atoms. The fraction of sp³-hybridized carbons (Fsp3) is 0.333. The molecule has 3 amide bonds. The minimum absolute atomic E-state index is 0.00279. The number of benzene rings is 2. The molecule has 0 bridgehead atoms. The zero-order valence-corrected chi connectivity index (χ0v) is 17.1. The summed E-state index contributed by atoms with van der Waals surface area (Å²) >= 11 is 0. The largest absolute Gasteiger partial charge is 0.326 e. The molecule has 3 aliphatic rings. The zero-order valence-electron chi connectivity index (χ0n) is 17.1. The van der Waals surface area contributed by atoms with Gasteiger partial charge in [0.15, 0.2) is 0 Å². The van der Waals surface area contributed by atoms with Crippen molar-refractivity contribution in [1.82, 2.24) is 0 Å². The van der Waals surface area contributed by atoms with Crippen molar-refractivity contribution in [2.24, 2.45) is 5.92 Å². The Morgan fingerprint density at radius 2 is 1.77 bits per heavy atom. The SMILES string of the molecule is O=C1CCc2cc(NC(=O)C3CCN(c4ccc5c(c4)CCC(=O)N5)C3=O)ccc2C1. The van der Waals surface area contributed by atoms with E-state index >= 15 is 0 Å². The number of nitrogens with one attached hydrogen (secondary N) is 2. The molecule has 7 nitrogen and oxygen atoms in total. The number of rotatable bonds is 3. The Morgan fingerprint density at radius 1 is 0.935 bits per heavy atom. The van der Waals surface area contributed by atoms with Crippen LogP contribution in [0.2, 0.25) is 0 Å². The lowest BCUT2D eigenvalue weighted by molar-refractivity contribution is -0.129. The van der Waals surface area contributed by atoms with Crippen LogP contribution in [-0.4, -0.2) is 30.0 Å². The van der Waals surface area contributed by atoms with Crippen LogP contribution in [0.25, 0.3) is 0 Å². The molecule has 1 unspecified atom stereocenters. The number of carbonyl (C=O) groups is 4. The van der Waals surface area contributed by atoms with Crippen LogP contribution < -0.4 is 15.5 Å². The average molecular weight is 417 g/mol. The number of hydrogen-bond acceptors (Lipinski definition) is 4. The molecule has 5 rings (SSSR count). The molecular weight excluding hydrogens is 394 g/mol. The third-order valence-corrected chi connectivity index (χ3v) is 6.35. The van der Waals surface area contributed by atoms with Gasteiger partial charge in [-0.25, -0.2) is 0 Å². The Kier molecular flexibility index (Phi) is 4.81. The molecule has 1 atom stereocenters. The topological polar surface area (TPSA) is 95.6 Å². The molecule has 2 N–H and O–H groups in total. The normalized spacial score (nSPS) is 20.2. The average Bonchev–Trinajstić information content (AvgIpc) is 3.15. The van der Waals surface area contributed by atoms with E-state index in [-0.39, 0.29) is 23.5 Å². The van der Waals surface area contributed by atoms with Crippen molar-refractivity contribution in [3.63, 3.8) is 0 Å². The van der Waals surface area contributed by atoms with Crippen LogP contribution in [0, 0.1) is 5.92 Å². The van der Waals surface area contributed by atoms with Gasteiger partial charge < -0.3 is 15.5 Å². The molecule has 2 aliphatic heterocycles. The molecule has 0 radical (unpaired) electrons. The van der Waals surface area contributed by atoms with Crippen LogP contribution in [0.5, 0.6) is 0 Å². The maximum Gasteiger partial charge on any atom is 0.239 e. The van der Waals surface area contributed by atoms with Gasteiger partial charge in [0.2, 0.25) is 17.7 Å². The first-order valence-corrected chi connectivity index (χ1v) is 10.7. The second-order valence-electron chi connectivity index (χ2n) is 8.41. The number of nitrogens with zero attached hydrogens (tertiary/aromatic N) is 1. The van der Waals surface area contributed by atoms with Crippen molar-refractivity contribution < 1.29 is 19.2 Å². The van der Waals surface area contributed by atoms with Gasteiger partial charge in [0.1, 0.15) is 11.7 Å². The molecule has 0 aromatic heterocycles. The summed E-state index contributed by atoms with van der Waals surface area (Å²) < 4.78 is 0. The zero-order chi connectivity index (χ0) is 21.5. The quantitative estimate of drug-likeness (QED) is 0.751. The van der Waals surface area contributed by atoms with Crippen molar-refractivity contribution in [1.29, 1.82) is 0 Å². The van der Waals surface area contributed by atoms with E-state index in [1.54, 1.807) is 11.0 Å². The van der Waals surface area contributed by atoms with Crippen LogP contribution in [0.3, 0.4) is 0 Å². The molecule has 0 saturated carbocycles. The molecule has 1 fully saturated rings. The molecule has 2 aromatic rings. The van der Waals surface area contributed by atoms with Gasteiger partial charge in [-0.2, -0.15) is 0 Å². The number of aryl methyl sites for hydroxylation is 2. The van der Waals surface area contributed by atoms with Crippen LogP contribution in [-0.2, 0) is 38.4 Å². The van der Waals surface area contributed by atoms with E-state index in [4.69, 9.17) is 0 Å². The van der Waals surface area contributed by atoms with E-state index < -0.39 is 5.92 Å². The van der Waals surface area contributed by atoms with Crippen LogP contribution in [0.4, 0.5) is 17.1 Å². The van der Waals surface area contributed by atoms with Crippen LogP contribution in [0.1, 0.15) is 36.0 Å². The number of Topliss-reactive ketones (excluding diaryl/α,β-unsaturated/α-hetero) is 1. The molecule has 0 spiro atoms. The summed E-state index contributed by atoms with van der Waals surface area (Å²) in [4.78, 5) is 50.6. The molecular formula is C24H23N3O4. The van der Waals surface area contributed by atoms with E-state index in [9.17, 15) is 19.2 Å². The third kappa shape index (κ3) is 3.71. The summed E-state index contributed by atoms with van der Waals surface area (Å²) in [7, 11) is 0. The van der Waals surface area contributed by atoms with Gasteiger partial charge in [0.05, 0.1) is 0 Å². The van der Waals surface area contributed by atoms with Gasteiger partial charge in [-0.1, -0.05) is 6.07 Å². The van der Waals surface area contributed by atoms with E-state index in [0.29, 0.717) is 50.8 Å². The van der Waals surface area contributed by atoms with E-state index in [2.05, 4.69) is 10.6 Å². The summed E-state index contributed by atoms with van der Waals surface area (Å²) in [5.41, 5.74) is 5.31.